The Kier molecular flexibility index (Phi) is 4.18. The minimum absolute atomic E-state index is 0.0489. The van der Waals surface area contributed by atoms with Crippen LogP contribution in [0.3, 0.4) is 0 Å². The highest BCUT2D eigenvalue weighted by Crippen LogP contribution is 2.27. The first-order valence-corrected chi connectivity index (χ1v) is 8.84. The lowest BCUT2D eigenvalue weighted by Crippen LogP contribution is -2.35. The molecule has 0 aliphatic heterocycles. The van der Waals surface area contributed by atoms with Gasteiger partial charge in [0.15, 0.2) is 5.58 Å². The Morgan fingerprint density at radius 2 is 1.92 bits per heavy atom. The molecule has 0 bridgehead atoms. The molecule has 1 saturated carbocycles. The predicted octanol–water partition coefficient (Wildman–Crippen LogP) is 4.38. The van der Waals surface area contributed by atoms with E-state index in [-0.39, 0.29) is 5.91 Å². The standard InChI is InChI=1S/C21H19N3O2/c1-24(17-6-2-3-7-17)21(25)15-11-9-14(10-12-15)20-23-19-16(13-22)5-4-8-18(19)26-20/h4-5,8-12,17H,2-3,6-7H2,1H3. The highest BCUT2D eigenvalue weighted by atomic mass is 16.3. The summed E-state index contributed by atoms with van der Waals surface area (Å²) in [6.45, 7) is 0. The number of carbonyl (C=O) groups excluding carboxylic acids is 1. The van der Waals surface area contributed by atoms with Crippen LogP contribution in [0.15, 0.2) is 46.9 Å². The van der Waals surface area contributed by atoms with Gasteiger partial charge in [0.05, 0.1) is 5.56 Å². The van der Waals surface area contributed by atoms with E-state index < -0.39 is 0 Å². The number of nitrogens with zero attached hydrogens (tertiary/aromatic N) is 3. The number of hydrogen-bond donors (Lipinski definition) is 0. The molecule has 1 heterocycles. The first-order chi connectivity index (χ1) is 12.7. The largest absolute Gasteiger partial charge is 0.436 e. The van der Waals surface area contributed by atoms with E-state index in [2.05, 4.69) is 11.1 Å². The molecule has 0 spiro atoms. The molecule has 1 aliphatic rings. The Labute approximate surface area is 151 Å². The summed E-state index contributed by atoms with van der Waals surface area (Å²) in [4.78, 5) is 19.0. The Balaban J connectivity index is 1.60. The lowest BCUT2D eigenvalue weighted by molar-refractivity contribution is 0.0735. The summed E-state index contributed by atoms with van der Waals surface area (Å²) >= 11 is 0. The number of oxazole rings is 1. The van der Waals surface area contributed by atoms with Gasteiger partial charge in [0.25, 0.3) is 5.91 Å². The monoisotopic (exact) mass is 345 g/mol. The maximum Gasteiger partial charge on any atom is 0.253 e. The minimum Gasteiger partial charge on any atom is -0.436 e. The SMILES string of the molecule is CN(C(=O)c1ccc(-c2nc3c(C#N)cccc3o2)cc1)C1CCCC1. The van der Waals surface area contributed by atoms with Gasteiger partial charge in [0.2, 0.25) is 5.89 Å². The van der Waals surface area contributed by atoms with Gasteiger partial charge in [0.1, 0.15) is 11.6 Å². The smallest absolute Gasteiger partial charge is 0.253 e. The van der Waals surface area contributed by atoms with E-state index >= 15 is 0 Å². The number of hydrogen-bond acceptors (Lipinski definition) is 4. The topological polar surface area (TPSA) is 70.1 Å². The van der Waals surface area contributed by atoms with Crippen LogP contribution in [0.25, 0.3) is 22.6 Å². The Morgan fingerprint density at radius 3 is 2.62 bits per heavy atom. The molecule has 2 aromatic carbocycles. The van der Waals surface area contributed by atoms with Crippen LogP contribution in [-0.2, 0) is 0 Å². The summed E-state index contributed by atoms with van der Waals surface area (Å²) in [7, 11) is 1.89. The summed E-state index contributed by atoms with van der Waals surface area (Å²) in [5, 5.41) is 9.18. The van der Waals surface area contributed by atoms with Crippen molar-refractivity contribution in [3.05, 3.63) is 53.6 Å². The number of fused-ring (bicyclic) bond motifs is 1. The van der Waals surface area contributed by atoms with Crippen molar-refractivity contribution in [2.75, 3.05) is 7.05 Å². The molecule has 0 atom stereocenters. The third kappa shape index (κ3) is 2.84. The van der Waals surface area contributed by atoms with Crippen LogP contribution >= 0.6 is 0 Å². The zero-order chi connectivity index (χ0) is 18.1. The molecule has 1 aromatic heterocycles. The number of carbonyl (C=O) groups is 1. The highest BCUT2D eigenvalue weighted by molar-refractivity contribution is 5.94. The van der Waals surface area contributed by atoms with Crippen LogP contribution in [0.4, 0.5) is 0 Å². The van der Waals surface area contributed by atoms with Crippen LogP contribution in [0.1, 0.15) is 41.6 Å². The van der Waals surface area contributed by atoms with Crippen LogP contribution in [-0.4, -0.2) is 28.9 Å². The molecule has 130 valence electrons. The number of rotatable bonds is 3. The summed E-state index contributed by atoms with van der Waals surface area (Å²) in [6, 6.07) is 15.1. The van der Waals surface area contributed by atoms with Crippen molar-refractivity contribution in [2.45, 2.75) is 31.7 Å². The highest BCUT2D eigenvalue weighted by Gasteiger charge is 2.24. The van der Waals surface area contributed by atoms with E-state index in [0.29, 0.717) is 34.2 Å². The van der Waals surface area contributed by atoms with Gasteiger partial charge in [-0.05, 0) is 49.2 Å². The molecule has 26 heavy (non-hydrogen) atoms. The number of aromatic nitrogens is 1. The number of benzene rings is 2. The second-order valence-corrected chi connectivity index (χ2v) is 6.71. The van der Waals surface area contributed by atoms with Crippen LogP contribution < -0.4 is 0 Å². The normalized spacial score (nSPS) is 14.5. The molecule has 0 N–H and O–H groups in total. The van der Waals surface area contributed by atoms with Gasteiger partial charge in [-0.25, -0.2) is 4.98 Å². The molecule has 0 saturated heterocycles. The molecule has 5 heteroatoms. The van der Waals surface area contributed by atoms with E-state index in [1.165, 1.54) is 12.8 Å². The lowest BCUT2D eigenvalue weighted by Gasteiger charge is -2.24. The summed E-state index contributed by atoms with van der Waals surface area (Å²) in [5.41, 5.74) is 3.08. The van der Waals surface area contributed by atoms with Crippen molar-refractivity contribution in [3.63, 3.8) is 0 Å². The quantitative estimate of drug-likeness (QED) is 0.706. The van der Waals surface area contributed by atoms with E-state index in [1.54, 1.807) is 18.2 Å². The second kappa shape index (κ2) is 6.64. The molecule has 4 rings (SSSR count). The number of para-hydroxylation sites is 1. The molecule has 3 aromatic rings. The van der Waals surface area contributed by atoms with Gasteiger partial charge in [-0.2, -0.15) is 5.26 Å². The molecule has 1 fully saturated rings. The zero-order valence-corrected chi connectivity index (χ0v) is 14.6. The Hall–Kier alpha value is -3.13. The van der Waals surface area contributed by atoms with Gasteiger partial charge in [-0.15, -0.1) is 0 Å². The second-order valence-electron chi connectivity index (χ2n) is 6.71. The fourth-order valence-corrected chi connectivity index (χ4v) is 3.58. The summed E-state index contributed by atoms with van der Waals surface area (Å²) in [5.74, 6) is 0.499. The summed E-state index contributed by atoms with van der Waals surface area (Å²) in [6.07, 6.45) is 4.57. The number of nitriles is 1. The zero-order valence-electron chi connectivity index (χ0n) is 14.6. The van der Waals surface area contributed by atoms with Gasteiger partial charge in [-0.3, -0.25) is 4.79 Å². The fraction of sp³-hybridized carbons (Fsp3) is 0.286. The first-order valence-electron chi connectivity index (χ1n) is 8.84. The van der Waals surface area contributed by atoms with Crippen molar-refractivity contribution in [1.82, 2.24) is 9.88 Å². The van der Waals surface area contributed by atoms with Gasteiger partial charge >= 0.3 is 0 Å². The minimum atomic E-state index is 0.0489. The van der Waals surface area contributed by atoms with E-state index in [1.807, 2.05) is 36.2 Å². The van der Waals surface area contributed by atoms with Gasteiger partial charge in [-0.1, -0.05) is 18.9 Å². The van der Waals surface area contributed by atoms with Gasteiger partial charge in [0, 0.05) is 24.2 Å². The molecule has 0 radical (unpaired) electrons. The molecule has 1 aliphatic carbocycles. The third-order valence-corrected chi connectivity index (χ3v) is 5.11. The first kappa shape index (κ1) is 16.3. The van der Waals surface area contributed by atoms with Crippen molar-refractivity contribution >= 4 is 17.0 Å². The van der Waals surface area contributed by atoms with E-state index in [4.69, 9.17) is 4.42 Å². The van der Waals surface area contributed by atoms with E-state index in [0.717, 1.165) is 18.4 Å². The lowest BCUT2D eigenvalue weighted by atomic mass is 10.1. The molecule has 1 amide bonds. The molecule has 5 nitrogen and oxygen atoms in total. The van der Waals surface area contributed by atoms with Crippen LogP contribution in [0.5, 0.6) is 0 Å². The van der Waals surface area contributed by atoms with Gasteiger partial charge < -0.3 is 9.32 Å². The predicted molar refractivity (Wildman–Crippen MR) is 98.5 cm³/mol. The average molecular weight is 345 g/mol. The van der Waals surface area contributed by atoms with Crippen LogP contribution in [0, 0.1) is 11.3 Å². The fourth-order valence-electron chi connectivity index (χ4n) is 3.58. The maximum atomic E-state index is 12.7. The Bertz CT molecular complexity index is 992. The Morgan fingerprint density at radius 1 is 1.19 bits per heavy atom. The average Bonchev–Trinajstić information content (AvgIpc) is 3.36. The van der Waals surface area contributed by atoms with Crippen LogP contribution in [0.2, 0.25) is 0 Å². The molecular weight excluding hydrogens is 326 g/mol. The molecule has 0 unspecified atom stereocenters. The van der Waals surface area contributed by atoms with Crippen molar-refractivity contribution in [1.29, 1.82) is 5.26 Å². The van der Waals surface area contributed by atoms with Crippen molar-refractivity contribution in [3.8, 4) is 17.5 Å². The van der Waals surface area contributed by atoms with E-state index in [9.17, 15) is 10.1 Å². The maximum absolute atomic E-state index is 12.7. The molecular formula is C21H19N3O2. The number of amides is 1. The summed E-state index contributed by atoms with van der Waals surface area (Å²) < 4.78 is 5.77. The van der Waals surface area contributed by atoms with Crippen molar-refractivity contribution in [2.24, 2.45) is 0 Å². The third-order valence-electron chi connectivity index (χ3n) is 5.11. The van der Waals surface area contributed by atoms with Crippen molar-refractivity contribution < 1.29 is 9.21 Å².